The van der Waals surface area contributed by atoms with Crippen LogP contribution in [0.1, 0.15) is 26.8 Å². The van der Waals surface area contributed by atoms with E-state index in [1.165, 1.54) is 4.90 Å². The first-order chi connectivity index (χ1) is 9.20. The van der Waals surface area contributed by atoms with Crippen molar-refractivity contribution >= 4 is 36.6 Å². The Balaban J connectivity index is 0. The molecule has 22 heavy (non-hydrogen) atoms. The van der Waals surface area contributed by atoms with Gasteiger partial charge < -0.3 is 16.0 Å². The molecule has 1 aromatic rings. The molecule has 7 nitrogen and oxygen atoms in total. The second-order valence-corrected chi connectivity index (χ2v) is 5.62. The van der Waals surface area contributed by atoms with Crippen LogP contribution in [0.15, 0.2) is 18.5 Å². The van der Waals surface area contributed by atoms with E-state index in [0.29, 0.717) is 6.54 Å². The number of halogens is 2. The van der Waals surface area contributed by atoms with Crippen LogP contribution in [-0.2, 0) is 9.59 Å². The van der Waals surface area contributed by atoms with E-state index in [1.807, 2.05) is 13.8 Å². The minimum Gasteiger partial charge on any atom is -0.353 e. The molecule has 2 amide bonds. The van der Waals surface area contributed by atoms with Gasteiger partial charge in [-0.3, -0.25) is 14.3 Å². The Labute approximate surface area is 143 Å². The molecule has 128 valence electrons. The van der Waals surface area contributed by atoms with E-state index in [1.54, 1.807) is 37.1 Å². The van der Waals surface area contributed by atoms with Crippen molar-refractivity contribution < 1.29 is 9.59 Å². The van der Waals surface area contributed by atoms with Gasteiger partial charge in [0.1, 0.15) is 6.04 Å². The molecular weight excluding hydrogens is 329 g/mol. The summed E-state index contributed by atoms with van der Waals surface area (Å²) in [5, 5.41) is 6.72. The SMILES string of the molecule is CC(C(=O)N(C)CC(=O)NCC(C)(C)N)n1cccn1.Cl.Cl. The topological polar surface area (TPSA) is 93.3 Å². The van der Waals surface area contributed by atoms with Gasteiger partial charge in [0.2, 0.25) is 11.8 Å². The summed E-state index contributed by atoms with van der Waals surface area (Å²) in [4.78, 5) is 25.2. The predicted molar refractivity (Wildman–Crippen MR) is 90.3 cm³/mol. The zero-order valence-electron chi connectivity index (χ0n) is 13.3. The third kappa shape index (κ3) is 7.63. The molecule has 0 fully saturated rings. The number of amides is 2. The highest BCUT2D eigenvalue weighted by atomic mass is 35.5. The van der Waals surface area contributed by atoms with Crippen LogP contribution in [-0.4, -0.2) is 52.2 Å². The van der Waals surface area contributed by atoms with Gasteiger partial charge in [-0.15, -0.1) is 24.8 Å². The smallest absolute Gasteiger partial charge is 0.247 e. The number of nitrogens with zero attached hydrogens (tertiary/aromatic N) is 3. The lowest BCUT2D eigenvalue weighted by atomic mass is 10.1. The third-order valence-electron chi connectivity index (χ3n) is 2.78. The molecule has 9 heteroatoms. The molecule has 0 aromatic carbocycles. The van der Waals surface area contributed by atoms with Crippen molar-refractivity contribution in [2.24, 2.45) is 5.73 Å². The Hall–Kier alpha value is -1.31. The number of nitrogens with two attached hydrogens (primary N) is 1. The average molecular weight is 354 g/mol. The summed E-state index contributed by atoms with van der Waals surface area (Å²) < 4.78 is 1.56. The van der Waals surface area contributed by atoms with E-state index in [4.69, 9.17) is 5.73 Å². The number of carbonyl (C=O) groups excluding carboxylic acids is 2. The van der Waals surface area contributed by atoms with Gasteiger partial charge in [-0.2, -0.15) is 5.10 Å². The van der Waals surface area contributed by atoms with Crippen LogP contribution in [0.4, 0.5) is 0 Å². The Morgan fingerprint density at radius 3 is 2.45 bits per heavy atom. The molecule has 0 aliphatic rings. The number of carbonyl (C=O) groups is 2. The van der Waals surface area contributed by atoms with Crippen molar-refractivity contribution in [2.45, 2.75) is 32.4 Å². The fraction of sp³-hybridized carbons (Fsp3) is 0.615. The first-order valence-corrected chi connectivity index (χ1v) is 6.50. The van der Waals surface area contributed by atoms with Gasteiger partial charge in [-0.1, -0.05) is 0 Å². The lowest BCUT2D eigenvalue weighted by Gasteiger charge is -2.23. The van der Waals surface area contributed by atoms with Crippen LogP contribution < -0.4 is 11.1 Å². The highest BCUT2D eigenvalue weighted by Gasteiger charge is 2.21. The van der Waals surface area contributed by atoms with E-state index >= 15 is 0 Å². The van der Waals surface area contributed by atoms with Crippen LogP contribution in [0, 0.1) is 0 Å². The molecule has 0 saturated heterocycles. The lowest BCUT2D eigenvalue weighted by molar-refractivity contribution is -0.137. The van der Waals surface area contributed by atoms with Gasteiger partial charge in [0, 0.05) is 31.5 Å². The van der Waals surface area contributed by atoms with Crippen LogP contribution >= 0.6 is 24.8 Å². The molecule has 1 atom stereocenters. The normalized spacial score (nSPS) is 11.7. The van der Waals surface area contributed by atoms with Gasteiger partial charge in [0.25, 0.3) is 0 Å². The first kappa shape index (κ1) is 23.0. The zero-order valence-corrected chi connectivity index (χ0v) is 14.9. The monoisotopic (exact) mass is 353 g/mol. The highest BCUT2D eigenvalue weighted by molar-refractivity contribution is 5.86. The molecular formula is C13H25Cl2N5O2. The largest absolute Gasteiger partial charge is 0.353 e. The fourth-order valence-corrected chi connectivity index (χ4v) is 1.62. The molecule has 0 bridgehead atoms. The van der Waals surface area contributed by atoms with Gasteiger partial charge >= 0.3 is 0 Å². The van der Waals surface area contributed by atoms with Crippen molar-refractivity contribution in [1.29, 1.82) is 0 Å². The summed E-state index contributed by atoms with van der Waals surface area (Å²) in [5.74, 6) is -0.400. The molecule has 1 aromatic heterocycles. The van der Waals surface area contributed by atoms with Gasteiger partial charge in [0.15, 0.2) is 0 Å². The molecule has 0 radical (unpaired) electrons. The standard InChI is InChI=1S/C13H23N5O2.2ClH/c1-10(18-7-5-6-16-18)12(20)17(4)8-11(19)15-9-13(2,3)14;;/h5-7,10H,8-9,14H2,1-4H3,(H,15,19);2*1H. The number of rotatable bonds is 6. The zero-order chi connectivity index (χ0) is 15.3. The molecule has 1 heterocycles. The maximum absolute atomic E-state index is 12.1. The predicted octanol–water partition coefficient (Wildman–Crippen LogP) is 0.600. The minimum absolute atomic E-state index is 0. The molecule has 0 aliphatic carbocycles. The quantitative estimate of drug-likeness (QED) is 0.782. The number of nitrogens with one attached hydrogen (secondary N) is 1. The summed E-state index contributed by atoms with van der Waals surface area (Å²) in [6.07, 6.45) is 3.33. The maximum atomic E-state index is 12.1. The summed E-state index contributed by atoms with van der Waals surface area (Å²) in [6, 6.07) is 1.31. The fourth-order valence-electron chi connectivity index (χ4n) is 1.62. The van der Waals surface area contributed by atoms with Crippen LogP contribution in [0.2, 0.25) is 0 Å². The number of aromatic nitrogens is 2. The lowest BCUT2D eigenvalue weighted by Crippen LogP contribution is -2.48. The van der Waals surface area contributed by atoms with E-state index in [9.17, 15) is 9.59 Å². The number of hydrogen-bond donors (Lipinski definition) is 2. The summed E-state index contributed by atoms with van der Waals surface area (Å²) in [6.45, 7) is 5.75. The summed E-state index contributed by atoms with van der Waals surface area (Å²) in [7, 11) is 1.59. The molecule has 0 spiro atoms. The Kier molecular flexibility index (Phi) is 10.1. The van der Waals surface area contributed by atoms with Gasteiger partial charge in [-0.25, -0.2) is 0 Å². The second-order valence-electron chi connectivity index (χ2n) is 5.62. The minimum atomic E-state index is -0.472. The highest BCUT2D eigenvalue weighted by Crippen LogP contribution is 2.07. The summed E-state index contributed by atoms with van der Waals surface area (Å²) >= 11 is 0. The molecule has 1 rings (SSSR count). The van der Waals surface area contributed by atoms with Gasteiger partial charge in [0.05, 0.1) is 6.54 Å². The average Bonchev–Trinajstić information content (AvgIpc) is 2.87. The van der Waals surface area contributed by atoms with Crippen LogP contribution in [0.25, 0.3) is 0 Å². The number of likely N-dealkylation sites (N-methyl/N-ethyl adjacent to an activating group) is 1. The maximum Gasteiger partial charge on any atom is 0.247 e. The molecule has 0 saturated carbocycles. The first-order valence-electron chi connectivity index (χ1n) is 6.50. The summed E-state index contributed by atoms with van der Waals surface area (Å²) in [5.41, 5.74) is 5.31. The van der Waals surface area contributed by atoms with Crippen LogP contribution in [0.3, 0.4) is 0 Å². The third-order valence-corrected chi connectivity index (χ3v) is 2.78. The molecule has 3 N–H and O–H groups in total. The Bertz CT molecular complexity index is 459. The molecule has 1 unspecified atom stereocenters. The Morgan fingerprint density at radius 1 is 1.41 bits per heavy atom. The van der Waals surface area contributed by atoms with E-state index in [2.05, 4.69) is 10.4 Å². The van der Waals surface area contributed by atoms with Gasteiger partial charge in [-0.05, 0) is 26.8 Å². The van der Waals surface area contributed by atoms with Crippen molar-refractivity contribution in [3.8, 4) is 0 Å². The van der Waals surface area contributed by atoms with E-state index in [0.717, 1.165) is 0 Å². The second kappa shape index (κ2) is 9.66. The van der Waals surface area contributed by atoms with E-state index < -0.39 is 11.6 Å². The van der Waals surface area contributed by atoms with Crippen molar-refractivity contribution in [3.63, 3.8) is 0 Å². The Morgan fingerprint density at radius 2 is 2.00 bits per heavy atom. The number of hydrogen-bond acceptors (Lipinski definition) is 4. The van der Waals surface area contributed by atoms with E-state index in [-0.39, 0.29) is 43.2 Å². The van der Waals surface area contributed by atoms with Crippen molar-refractivity contribution in [3.05, 3.63) is 18.5 Å². The van der Waals surface area contributed by atoms with Crippen molar-refractivity contribution in [1.82, 2.24) is 20.0 Å². The van der Waals surface area contributed by atoms with Crippen LogP contribution in [0.5, 0.6) is 0 Å². The molecule has 0 aliphatic heterocycles. The van der Waals surface area contributed by atoms with Crippen molar-refractivity contribution in [2.75, 3.05) is 20.1 Å².